The van der Waals surface area contributed by atoms with Crippen LogP contribution in [-0.4, -0.2) is 128 Å². The first-order chi connectivity index (χ1) is 19.4. The fourth-order valence-corrected chi connectivity index (χ4v) is 4.66. The predicted molar refractivity (Wildman–Crippen MR) is 129 cm³/mol. The smallest absolute Gasteiger partial charge is 0.397 e. The fourth-order valence-electron chi connectivity index (χ4n) is 4.36. The molecule has 2 aliphatic heterocycles. The Kier molecular flexibility index (Phi) is 12.5. The quantitative estimate of drug-likeness (QED) is 0.0996. The van der Waals surface area contributed by atoms with Crippen molar-refractivity contribution < 1.29 is 84.5 Å². The highest BCUT2D eigenvalue weighted by Gasteiger charge is 2.56. The maximum atomic E-state index is 12.1. The fraction of sp³-hybridized carbons (Fsp3) is 0.773. The van der Waals surface area contributed by atoms with E-state index in [1.165, 1.54) is 0 Å². The monoisotopic (exact) mass is 631 g/mol. The Labute approximate surface area is 239 Å². The zero-order valence-electron chi connectivity index (χ0n) is 23.1. The summed E-state index contributed by atoms with van der Waals surface area (Å²) in [6, 6.07) is -1.47. The minimum Gasteiger partial charge on any atom is -0.457 e. The molecular weight excluding hydrogens is 598 g/mol. The summed E-state index contributed by atoms with van der Waals surface area (Å²) in [4.78, 5) is 59.7. The van der Waals surface area contributed by atoms with Crippen LogP contribution in [0.5, 0.6) is 0 Å². The summed E-state index contributed by atoms with van der Waals surface area (Å²) in [7, 11) is -5.09. The number of rotatable bonds is 11. The normalized spacial score (nSPS) is 33.1. The Morgan fingerprint density at radius 3 is 1.71 bits per heavy atom. The molecule has 0 radical (unpaired) electrons. The van der Waals surface area contributed by atoms with Gasteiger partial charge in [-0.1, -0.05) is 0 Å². The molecule has 240 valence electrons. The van der Waals surface area contributed by atoms with Crippen molar-refractivity contribution in [3.63, 3.8) is 0 Å². The van der Waals surface area contributed by atoms with Gasteiger partial charge in [-0.3, -0.25) is 28.5 Å². The van der Waals surface area contributed by atoms with Crippen LogP contribution in [0.1, 0.15) is 34.6 Å². The van der Waals surface area contributed by atoms with Gasteiger partial charge >= 0.3 is 34.3 Å². The maximum absolute atomic E-state index is 12.1. The number of hydrogen-bond acceptors (Lipinski definition) is 17. The summed E-state index contributed by atoms with van der Waals surface area (Å²) in [6.45, 7) is 3.05. The molecule has 19 nitrogen and oxygen atoms in total. The Bertz CT molecular complexity index is 1110. The van der Waals surface area contributed by atoms with Crippen molar-refractivity contribution in [2.45, 2.75) is 96.0 Å². The van der Waals surface area contributed by atoms with Crippen LogP contribution < -0.4 is 5.32 Å². The van der Waals surface area contributed by atoms with E-state index in [4.69, 9.17) is 37.7 Å². The van der Waals surface area contributed by atoms with E-state index < -0.39 is 115 Å². The topological polar surface area (TPSA) is 266 Å². The molecule has 2 rings (SSSR count). The third-order valence-corrected chi connectivity index (χ3v) is 6.12. The van der Waals surface area contributed by atoms with Crippen LogP contribution >= 0.6 is 0 Å². The van der Waals surface area contributed by atoms with E-state index in [1.54, 1.807) is 0 Å². The van der Waals surface area contributed by atoms with Crippen LogP contribution in [0.25, 0.3) is 0 Å². The van der Waals surface area contributed by atoms with E-state index in [-0.39, 0.29) is 0 Å². The molecule has 0 aliphatic carbocycles. The molecule has 20 heteroatoms. The number of nitrogens with one attached hydrogen (secondary N) is 1. The zero-order chi connectivity index (χ0) is 31.9. The standard InChI is InChI=1S/C22H33NO18S/c1-8(25)23-15-18(36-10(3)27)16(13(6-24)39-21(15)30)41-22-20(38-12(5)29)19(37-11(4)28)17(35-9(2)26)14(40-22)7-34-42(31,32)33/h13-22,24,30H,6-7H2,1-5H3,(H,23,25)(H,31,32,33)/t13-,14?,15?,16+,17-,18?,19-,20?,21+,22-/m0/s1. The van der Waals surface area contributed by atoms with E-state index in [2.05, 4.69) is 9.50 Å². The molecule has 2 fully saturated rings. The summed E-state index contributed by atoms with van der Waals surface area (Å²) in [6.07, 6.45) is -15.3. The van der Waals surface area contributed by atoms with Crippen molar-refractivity contribution in [2.24, 2.45) is 0 Å². The Morgan fingerprint density at radius 1 is 0.738 bits per heavy atom. The maximum Gasteiger partial charge on any atom is 0.397 e. The van der Waals surface area contributed by atoms with Gasteiger partial charge in [0.2, 0.25) is 5.91 Å². The van der Waals surface area contributed by atoms with Crippen LogP contribution in [0, 0.1) is 0 Å². The number of aliphatic hydroxyl groups excluding tert-OH is 2. The van der Waals surface area contributed by atoms with Crippen molar-refractivity contribution in [3.05, 3.63) is 0 Å². The number of esters is 4. The number of ether oxygens (including phenoxy) is 7. The lowest BCUT2D eigenvalue weighted by molar-refractivity contribution is -0.346. The zero-order valence-corrected chi connectivity index (χ0v) is 23.9. The van der Waals surface area contributed by atoms with Gasteiger partial charge in [-0.05, 0) is 0 Å². The van der Waals surface area contributed by atoms with Crippen LogP contribution in [0.2, 0.25) is 0 Å². The average molecular weight is 632 g/mol. The second kappa shape index (κ2) is 15.0. The number of carbonyl (C=O) groups excluding carboxylic acids is 5. The molecule has 2 aliphatic rings. The first-order valence-corrected chi connectivity index (χ1v) is 13.6. The lowest BCUT2D eigenvalue weighted by Gasteiger charge is -2.48. The van der Waals surface area contributed by atoms with Gasteiger partial charge in [0.25, 0.3) is 0 Å². The molecule has 0 aromatic rings. The molecule has 42 heavy (non-hydrogen) atoms. The van der Waals surface area contributed by atoms with Crippen molar-refractivity contribution in [1.29, 1.82) is 0 Å². The molecule has 4 N–H and O–H groups in total. The van der Waals surface area contributed by atoms with Gasteiger partial charge in [0.1, 0.15) is 24.4 Å². The Morgan fingerprint density at radius 2 is 1.24 bits per heavy atom. The summed E-state index contributed by atoms with van der Waals surface area (Å²) >= 11 is 0. The van der Waals surface area contributed by atoms with Gasteiger partial charge in [0.15, 0.2) is 37.0 Å². The van der Waals surface area contributed by atoms with Crippen LogP contribution in [0.3, 0.4) is 0 Å². The van der Waals surface area contributed by atoms with Crippen molar-refractivity contribution in [1.82, 2.24) is 5.32 Å². The third-order valence-electron chi connectivity index (χ3n) is 5.69. The summed E-state index contributed by atoms with van der Waals surface area (Å²) in [5.41, 5.74) is 0. The molecule has 0 saturated carbocycles. The highest BCUT2D eigenvalue weighted by Crippen LogP contribution is 2.34. The van der Waals surface area contributed by atoms with E-state index in [9.17, 15) is 42.6 Å². The molecule has 2 heterocycles. The Balaban J connectivity index is 2.63. The minimum absolute atomic E-state index is 0.686. The van der Waals surface area contributed by atoms with Crippen molar-refractivity contribution in [2.75, 3.05) is 13.2 Å². The van der Waals surface area contributed by atoms with Crippen LogP contribution in [0.15, 0.2) is 0 Å². The molecule has 4 unspecified atom stereocenters. The highest BCUT2D eigenvalue weighted by molar-refractivity contribution is 7.80. The lowest BCUT2D eigenvalue weighted by Crippen LogP contribution is -2.68. The van der Waals surface area contributed by atoms with Gasteiger partial charge in [-0.2, -0.15) is 8.42 Å². The molecular formula is C22H33NO18S. The Hall–Kier alpha value is -2.98. The lowest BCUT2D eigenvalue weighted by atomic mass is 9.95. The largest absolute Gasteiger partial charge is 0.457 e. The molecule has 1 amide bonds. The minimum atomic E-state index is -5.09. The van der Waals surface area contributed by atoms with Gasteiger partial charge in [-0.25, -0.2) is 4.18 Å². The molecule has 0 aromatic heterocycles. The third kappa shape index (κ3) is 10.1. The molecule has 2 saturated heterocycles. The molecule has 0 aromatic carbocycles. The van der Waals surface area contributed by atoms with Crippen molar-refractivity contribution >= 4 is 40.2 Å². The SMILES string of the molecule is CC(=O)NC1C(OC(C)=O)[C@H](O[C@@H]2OC(COS(=O)(=O)O)[C@H](OC(C)=O)[C@H](OC(C)=O)C2OC(C)=O)[C@H](CO)O[C@H]1O. The van der Waals surface area contributed by atoms with Gasteiger partial charge in [0.05, 0.1) is 13.2 Å². The number of amides is 1. The van der Waals surface area contributed by atoms with E-state index in [1.807, 2.05) is 0 Å². The second-order valence-corrected chi connectivity index (χ2v) is 10.2. The van der Waals surface area contributed by atoms with E-state index in [0.29, 0.717) is 0 Å². The average Bonchev–Trinajstić information content (AvgIpc) is 2.83. The first-order valence-electron chi connectivity index (χ1n) is 12.3. The number of hydrogen-bond donors (Lipinski definition) is 4. The van der Waals surface area contributed by atoms with Crippen LogP contribution in [0.4, 0.5) is 0 Å². The predicted octanol–water partition coefficient (Wildman–Crippen LogP) is -3.14. The molecule has 0 bridgehead atoms. The van der Waals surface area contributed by atoms with Gasteiger partial charge in [0, 0.05) is 34.6 Å². The summed E-state index contributed by atoms with van der Waals surface area (Å²) in [5, 5.41) is 22.7. The number of carbonyl (C=O) groups is 5. The number of aliphatic hydroxyl groups is 2. The first kappa shape index (κ1) is 35.2. The molecule has 10 atom stereocenters. The van der Waals surface area contributed by atoms with Gasteiger partial charge < -0.3 is 48.7 Å². The highest BCUT2D eigenvalue weighted by atomic mass is 32.3. The van der Waals surface area contributed by atoms with Crippen molar-refractivity contribution in [3.8, 4) is 0 Å². The van der Waals surface area contributed by atoms with E-state index in [0.717, 1.165) is 34.6 Å². The van der Waals surface area contributed by atoms with Crippen LogP contribution in [-0.2, 0) is 71.7 Å². The van der Waals surface area contributed by atoms with Gasteiger partial charge in [-0.15, -0.1) is 0 Å². The molecule has 0 spiro atoms. The van der Waals surface area contributed by atoms with E-state index >= 15 is 0 Å². The summed E-state index contributed by atoms with van der Waals surface area (Å²) in [5.74, 6) is -4.53. The second-order valence-electron chi connectivity index (χ2n) is 9.13. The summed E-state index contributed by atoms with van der Waals surface area (Å²) < 4.78 is 74.0.